The zero-order valence-electron chi connectivity index (χ0n) is 15.8. The number of nitrogens with one attached hydrogen (secondary N) is 1. The Hall–Kier alpha value is -3.50. The monoisotopic (exact) mass is 402 g/mol. The summed E-state index contributed by atoms with van der Waals surface area (Å²) in [7, 11) is 0. The molecule has 0 fully saturated rings. The molecular formula is C22H18N4O2S. The highest BCUT2D eigenvalue weighted by Gasteiger charge is 2.26. The molecule has 0 spiro atoms. The molecular weight excluding hydrogens is 384 g/mol. The van der Waals surface area contributed by atoms with Gasteiger partial charge in [-0.05, 0) is 31.2 Å². The fourth-order valence-electron chi connectivity index (χ4n) is 3.17. The Kier molecular flexibility index (Phi) is 5.36. The zero-order chi connectivity index (χ0) is 20.2. The minimum absolute atomic E-state index is 0.307. The summed E-state index contributed by atoms with van der Waals surface area (Å²) in [5.74, 6) is 0.0849. The van der Waals surface area contributed by atoms with Crippen LogP contribution in [0.4, 0.5) is 11.4 Å². The lowest BCUT2D eigenvalue weighted by atomic mass is 10.2. The van der Waals surface area contributed by atoms with Crippen molar-refractivity contribution in [2.45, 2.75) is 6.92 Å². The predicted molar refractivity (Wildman–Crippen MR) is 116 cm³/mol. The van der Waals surface area contributed by atoms with E-state index < -0.39 is 5.97 Å². The molecule has 3 aromatic rings. The molecule has 4 rings (SSSR count). The van der Waals surface area contributed by atoms with Crippen molar-refractivity contribution in [3.05, 3.63) is 77.8 Å². The molecule has 0 radical (unpaired) electrons. The number of hydrogen-bond acceptors (Lipinski definition) is 6. The number of nitriles is 1. The molecule has 0 saturated carbocycles. The number of thioether (sulfide) groups is 1. The van der Waals surface area contributed by atoms with Gasteiger partial charge in [0.1, 0.15) is 22.4 Å². The van der Waals surface area contributed by atoms with Crippen molar-refractivity contribution in [3.8, 4) is 6.07 Å². The van der Waals surface area contributed by atoms with E-state index in [4.69, 9.17) is 9.73 Å². The Morgan fingerprint density at radius 1 is 1.31 bits per heavy atom. The lowest BCUT2D eigenvalue weighted by Crippen LogP contribution is -2.07. The molecule has 29 heavy (non-hydrogen) atoms. The van der Waals surface area contributed by atoms with Crippen LogP contribution in [-0.4, -0.2) is 27.8 Å². The highest BCUT2D eigenvalue weighted by atomic mass is 32.2. The number of carbonyl (C=O) groups excluding carboxylic acids is 1. The van der Waals surface area contributed by atoms with Crippen molar-refractivity contribution < 1.29 is 9.53 Å². The van der Waals surface area contributed by atoms with E-state index >= 15 is 0 Å². The molecule has 1 aliphatic rings. The molecule has 6 nitrogen and oxygen atoms in total. The van der Waals surface area contributed by atoms with Crippen molar-refractivity contribution in [3.63, 3.8) is 0 Å². The number of para-hydroxylation sites is 1. The number of aromatic nitrogens is 1. The Labute approximate surface area is 172 Å². The maximum absolute atomic E-state index is 12.0. The number of benzene rings is 1. The molecule has 144 valence electrons. The Morgan fingerprint density at radius 2 is 2.10 bits per heavy atom. The first-order chi connectivity index (χ1) is 14.2. The molecule has 0 bridgehead atoms. The molecule has 1 aliphatic heterocycles. The van der Waals surface area contributed by atoms with Crippen molar-refractivity contribution in [2.75, 3.05) is 17.7 Å². The van der Waals surface area contributed by atoms with Crippen LogP contribution in [0.5, 0.6) is 0 Å². The lowest BCUT2D eigenvalue weighted by molar-refractivity contribution is -0.137. The van der Waals surface area contributed by atoms with Gasteiger partial charge in [-0.25, -0.2) is 9.79 Å². The number of esters is 1. The second kappa shape index (κ2) is 8.25. The molecule has 1 N–H and O–H groups in total. The number of aliphatic imine (C=N–C) groups is 1. The molecule has 3 heterocycles. The number of pyridine rings is 1. The summed E-state index contributed by atoms with van der Waals surface area (Å²) in [6, 6.07) is 17.7. The average molecular weight is 402 g/mol. The number of rotatable bonds is 3. The zero-order valence-corrected chi connectivity index (χ0v) is 16.6. The number of nitrogens with zero attached hydrogens (tertiary/aromatic N) is 3. The van der Waals surface area contributed by atoms with Crippen molar-refractivity contribution >= 4 is 39.7 Å². The first-order valence-electron chi connectivity index (χ1n) is 9.15. The Bertz CT molecular complexity index is 1170. The van der Waals surface area contributed by atoms with Gasteiger partial charge in [0.25, 0.3) is 0 Å². The van der Waals surface area contributed by atoms with E-state index in [2.05, 4.69) is 11.4 Å². The van der Waals surface area contributed by atoms with Gasteiger partial charge in [-0.15, -0.1) is 0 Å². The van der Waals surface area contributed by atoms with Gasteiger partial charge in [0, 0.05) is 23.7 Å². The lowest BCUT2D eigenvalue weighted by Gasteiger charge is -2.06. The second-order valence-corrected chi connectivity index (χ2v) is 7.22. The van der Waals surface area contributed by atoms with Gasteiger partial charge in [0.15, 0.2) is 0 Å². The van der Waals surface area contributed by atoms with Crippen LogP contribution in [0.2, 0.25) is 0 Å². The van der Waals surface area contributed by atoms with Gasteiger partial charge in [-0.1, -0.05) is 36.0 Å². The van der Waals surface area contributed by atoms with Crippen LogP contribution < -0.4 is 5.32 Å². The first kappa shape index (κ1) is 18.8. The standard InChI is InChI=1S/C22H18N4O2S/c1-2-28-19(27)12-16-14-29-22(25-15-8-4-3-5-9-15)21-20(24-16)17(13-23)18-10-6-7-11-26(18)21/h3-12,24H,2,14H2,1H3/b16-12-,25-22?. The molecule has 1 aromatic carbocycles. The summed E-state index contributed by atoms with van der Waals surface area (Å²) in [5.41, 5.74) is 4.24. The number of anilines is 1. The van der Waals surface area contributed by atoms with E-state index in [0.29, 0.717) is 29.3 Å². The Balaban J connectivity index is 1.92. The third-order valence-corrected chi connectivity index (χ3v) is 5.39. The minimum atomic E-state index is -0.414. The van der Waals surface area contributed by atoms with Gasteiger partial charge >= 0.3 is 5.97 Å². The predicted octanol–water partition coefficient (Wildman–Crippen LogP) is 4.49. The van der Waals surface area contributed by atoms with E-state index in [-0.39, 0.29) is 0 Å². The van der Waals surface area contributed by atoms with Gasteiger partial charge in [0.2, 0.25) is 0 Å². The first-order valence-corrected chi connectivity index (χ1v) is 10.1. The molecule has 0 aliphatic carbocycles. The second-order valence-electron chi connectivity index (χ2n) is 6.25. The summed E-state index contributed by atoms with van der Waals surface area (Å²) >= 11 is 1.51. The smallest absolute Gasteiger partial charge is 0.332 e. The van der Waals surface area contributed by atoms with Crippen LogP contribution >= 0.6 is 11.8 Å². The van der Waals surface area contributed by atoms with E-state index in [0.717, 1.165) is 21.9 Å². The minimum Gasteiger partial charge on any atom is -0.463 e. The SMILES string of the molecule is CCOC(=O)/C=C1/CSC(=Nc2ccccc2)c2c(c(C#N)c3ccccn23)N1. The van der Waals surface area contributed by atoms with Crippen LogP contribution in [0.15, 0.2) is 71.5 Å². The number of carbonyl (C=O) groups is 1. The summed E-state index contributed by atoms with van der Waals surface area (Å²) < 4.78 is 7.01. The average Bonchev–Trinajstić information content (AvgIpc) is 2.94. The van der Waals surface area contributed by atoms with Crippen LogP contribution in [0.1, 0.15) is 18.2 Å². The summed E-state index contributed by atoms with van der Waals surface area (Å²) in [4.78, 5) is 16.8. The van der Waals surface area contributed by atoms with Crippen LogP contribution in [0.25, 0.3) is 5.52 Å². The van der Waals surface area contributed by atoms with Crippen LogP contribution in [0.3, 0.4) is 0 Å². The molecule has 0 atom stereocenters. The number of fused-ring (bicyclic) bond motifs is 3. The molecule has 0 unspecified atom stereocenters. The quantitative estimate of drug-likeness (QED) is 0.516. The fraction of sp³-hybridized carbons (Fsp3) is 0.136. The number of hydrogen-bond donors (Lipinski definition) is 1. The number of ether oxygens (including phenoxy) is 1. The van der Waals surface area contributed by atoms with E-state index in [1.54, 1.807) is 6.92 Å². The summed E-state index contributed by atoms with van der Waals surface area (Å²) in [5, 5.41) is 13.9. The topological polar surface area (TPSA) is 78.9 Å². The van der Waals surface area contributed by atoms with E-state index in [1.807, 2.05) is 59.1 Å². The van der Waals surface area contributed by atoms with Gasteiger partial charge in [-0.3, -0.25) is 0 Å². The third-order valence-electron chi connectivity index (χ3n) is 4.37. The van der Waals surface area contributed by atoms with E-state index in [1.165, 1.54) is 17.8 Å². The maximum atomic E-state index is 12.0. The highest BCUT2D eigenvalue weighted by molar-refractivity contribution is 8.14. The molecule has 0 amide bonds. The van der Waals surface area contributed by atoms with Crippen molar-refractivity contribution in [1.82, 2.24) is 4.40 Å². The molecule has 7 heteroatoms. The highest BCUT2D eigenvalue weighted by Crippen LogP contribution is 2.36. The van der Waals surface area contributed by atoms with Crippen molar-refractivity contribution in [2.24, 2.45) is 4.99 Å². The summed E-state index contributed by atoms with van der Waals surface area (Å²) in [6.07, 6.45) is 3.35. The largest absolute Gasteiger partial charge is 0.463 e. The van der Waals surface area contributed by atoms with E-state index in [9.17, 15) is 10.1 Å². The Morgan fingerprint density at radius 3 is 2.86 bits per heavy atom. The van der Waals surface area contributed by atoms with Crippen molar-refractivity contribution in [1.29, 1.82) is 5.26 Å². The fourth-order valence-corrected chi connectivity index (χ4v) is 4.13. The molecule has 2 aromatic heterocycles. The van der Waals surface area contributed by atoms with Gasteiger partial charge < -0.3 is 14.5 Å². The van der Waals surface area contributed by atoms with Gasteiger partial charge in [0.05, 0.1) is 23.5 Å². The maximum Gasteiger partial charge on any atom is 0.332 e. The van der Waals surface area contributed by atoms with Crippen LogP contribution in [-0.2, 0) is 9.53 Å². The van der Waals surface area contributed by atoms with Crippen LogP contribution in [0, 0.1) is 11.3 Å². The summed E-state index contributed by atoms with van der Waals surface area (Å²) in [6.45, 7) is 2.07. The third kappa shape index (κ3) is 3.75. The van der Waals surface area contributed by atoms with Gasteiger partial charge in [-0.2, -0.15) is 5.26 Å². The molecule has 0 saturated heterocycles. The normalized spacial score (nSPS) is 16.1.